The number of hydrogen-bond acceptors (Lipinski definition) is 5. The number of nitrogens with one attached hydrogen (secondary N) is 2. The highest BCUT2D eigenvalue weighted by Gasteiger charge is 2.12. The molecular formula is C20H16ClN3O4. The number of ether oxygens (including phenoxy) is 1. The van der Waals surface area contributed by atoms with Gasteiger partial charge < -0.3 is 20.5 Å². The van der Waals surface area contributed by atoms with Gasteiger partial charge >= 0.3 is 0 Å². The van der Waals surface area contributed by atoms with Crippen molar-refractivity contribution in [3.63, 3.8) is 0 Å². The van der Waals surface area contributed by atoms with E-state index >= 15 is 0 Å². The van der Waals surface area contributed by atoms with Gasteiger partial charge in [-0.2, -0.15) is 0 Å². The average Bonchev–Trinajstić information content (AvgIpc) is 2.70. The molecule has 0 aliphatic heterocycles. The topological polar surface area (TPSA) is 101 Å². The third kappa shape index (κ3) is 4.57. The molecule has 3 aromatic rings. The first-order chi connectivity index (χ1) is 13.5. The quantitative estimate of drug-likeness (QED) is 0.568. The van der Waals surface area contributed by atoms with Crippen LogP contribution in [0.3, 0.4) is 0 Å². The van der Waals surface area contributed by atoms with Crippen LogP contribution in [0.25, 0.3) is 0 Å². The Kier molecular flexibility index (Phi) is 5.76. The Morgan fingerprint density at radius 3 is 2.61 bits per heavy atom. The van der Waals surface area contributed by atoms with E-state index in [2.05, 4.69) is 15.6 Å². The number of carbonyl (C=O) groups is 2. The summed E-state index contributed by atoms with van der Waals surface area (Å²) in [6.45, 7) is 0. The summed E-state index contributed by atoms with van der Waals surface area (Å²) in [4.78, 5) is 28.1. The van der Waals surface area contributed by atoms with Crippen LogP contribution < -0.4 is 15.4 Å². The number of anilines is 1. The van der Waals surface area contributed by atoms with E-state index in [9.17, 15) is 14.7 Å². The number of halogens is 1. The normalized spacial score (nSPS) is 10.2. The van der Waals surface area contributed by atoms with E-state index in [1.54, 1.807) is 24.3 Å². The van der Waals surface area contributed by atoms with Crippen LogP contribution in [0.1, 0.15) is 20.8 Å². The Morgan fingerprint density at radius 2 is 1.82 bits per heavy atom. The van der Waals surface area contributed by atoms with E-state index in [-0.39, 0.29) is 23.0 Å². The van der Waals surface area contributed by atoms with Crippen molar-refractivity contribution < 1.29 is 19.4 Å². The first kappa shape index (κ1) is 19.2. The summed E-state index contributed by atoms with van der Waals surface area (Å²) in [5.41, 5.74) is 0.732. The molecule has 1 heterocycles. The standard InChI is InChI=1S/C20H16ClN3O4/c1-22-20(27)17-11-15(7-8-23-17)28-14-4-2-3-12(9-14)19(26)24-16-10-13(21)5-6-18(16)25/h2-11,25H,1H3,(H,22,27)(H,24,26). The Morgan fingerprint density at radius 1 is 1.04 bits per heavy atom. The van der Waals surface area contributed by atoms with Crippen molar-refractivity contribution in [2.45, 2.75) is 0 Å². The SMILES string of the molecule is CNC(=O)c1cc(Oc2cccc(C(=O)Nc3cc(Cl)ccc3O)c2)ccn1. The molecule has 142 valence electrons. The maximum Gasteiger partial charge on any atom is 0.269 e. The second-order valence-electron chi connectivity index (χ2n) is 5.70. The number of carbonyl (C=O) groups excluding carboxylic acids is 2. The van der Waals surface area contributed by atoms with Crippen molar-refractivity contribution in [3.05, 3.63) is 77.1 Å². The fourth-order valence-corrected chi connectivity index (χ4v) is 2.54. The minimum Gasteiger partial charge on any atom is -0.506 e. The van der Waals surface area contributed by atoms with Gasteiger partial charge in [0.2, 0.25) is 0 Å². The zero-order valence-electron chi connectivity index (χ0n) is 14.8. The largest absolute Gasteiger partial charge is 0.506 e. The van der Waals surface area contributed by atoms with Crippen molar-refractivity contribution in [1.29, 1.82) is 0 Å². The molecule has 3 N–H and O–H groups in total. The maximum atomic E-state index is 12.5. The van der Waals surface area contributed by atoms with Crippen LogP contribution in [0, 0.1) is 0 Å². The number of phenolic OH excluding ortho intramolecular Hbond substituents is 1. The van der Waals surface area contributed by atoms with Gasteiger partial charge in [-0.05, 0) is 42.5 Å². The van der Waals surface area contributed by atoms with Crippen LogP contribution in [-0.4, -0.2) is 29.0 Å². The fraction of sp³-hybridized carbons (Fsp3) is 0.0500. The summed E-state index contributed by atoms with van der Waals surface area (Å²) in [5.74, 6) is -0.0666. The Bertz CT molecular complexity index is 1040. The van der Waals surface area contributed by atoms with E-state index in [0.717, 1.165) is 0 Å². The zero-order chi connectivity index (χ0) is 20.1. The number of rotatable bonds is 5. The van der Waals surface area contributed by atoms with Gasteiger partial charge in [0.1, 0.15) is 22.9 Å². The molecule has 0 radical (unpaired) electrons. The Labute approximate surface area is 165 Å². The molecule has 7 nitrogen and oxygen atoms in total. The predicted octanol–water partition coefficient (Wildman–Crippen LogP) is 3.84. The van der Waals surface area contributed by atoms with Crippen LogP contribution in [-0.2, 0) is 0 Å². The highest BCUT2D eigenvalue weighted by Crippen LogP contribution is 2.28. The fourth-order valence-electron chi connectivity index (χ4n) is 2.37. The van der Waals surface area contributed by atoms with Gasteiger partial charge in [0.05, 0.1) is 5.69 Å². The molecule has 0 unspecified atom stereocenters. The van der Waals surface area contributed by atoms with Gasteiger partial charge in [0, 0.05) is 29.9 Å². The van der Waals surface area contributed by atoms with Gasteiger partial charge in [0.25, 0.3) is 11.8 Å². The van der Waals surface area contributed by atoms with Gasteiger partial charge in [-0.3, -0.25) is 14.6 Å². The molecule has 0 saturated carbocycles. The molecule has 3 rings (SSSR count). The van der Waals surface area contributed by atoms with Crippen LogP contribution in [0.4, 0.5) is 5.69 Å². The smallest absolute Gasteiger partial charge is 0.269 e. The van der Waals surface area contributed by atoms with Crippen molar-refractivity contribution in [2.24, 2.45) is 0 Å². The number of nitrogens with zero attached hydrogens (tertiary/aromatic N) is 1. The number of pyridine rings is 1. The number of benzene rings is 2. The van der Waals surface area contributed by atoms with Gasteiger partial charge in [0.15, 0.2) is 0 Å². The van der Waals surface area contributed by atoms with E-state index in [4.69, 9.17) is 16.3 Å². The molecule has 28 heavy (non-hydrogen) atoms. The van der Waals surface area contributed by atoms with E-state index in [0.29, 0.717) is 22.1 Å². The average molecular weight is 398 g/mol. The molecule has 0 bridgehead atoms. The first-order valence-corrected chi connectivity index (χ1v) is 8.60. The number of aromatic hydroxyl groups is 1. The predicted molar refractivity (Wildman–Crippen MR) is 105 cm³/mol. The number of aromatic nitrogens is 1. The molecule has 1 aromatic heterocycles. The summed E-state index contributed by atoms with van der Waals surface area (Å²) in [5, 5.41) is 15.3. The molecule has 2 aromatic carbocycles. The van der Waals surface area contributed by atoms with Crippen LogP contribution in [0.2, 0.25) is 5.02 Å². The van der Waals surface area contributed by atoms with Crippen molar-refractivity contribution >= 4 is 29.1 Å². The molecule has 8 heteroatoms. The molecule has 0 aliphatic rings. The summed E-state index contributed by atoms with van der Waals surface area (Å²) in [7, 11) is 1.51. The van der Waals surface area contributed by atoms with E-state index < -0.39 is 5.91 Å². The number of amides is 2. The highest BCUT2D eigenvalue weighted by molar-refractivity contribution is 6.31. The number of hydrogen-bond donors (Lipinski definition) is 3. The first-order valence-electron chi connectivity index (χ1n) is 8.22. The lowest BCUT2D eigenvalue weighted by Gasteiger charge is -2.10. The van der Waals surface area contributed by atoms with Crippen molar-refractivity contribution in [3.8, 4) is 17.2 Å². The van der Waals surface area contributed by atoms with Crippen molar-refractivity contribution in [2.75, 3.05) is 12.4 Å². The highest BCUT2D eigenvalue weighted by atomic mass is 35.5. The number of phenols is 1. The molecule has 0 fully saturated rings. The van der Waals surface area contributed by atoms with E-state index in [1.807, 2.05) is 0 Å². The van der Waals surface area contributed by atoms with Gasteiger partial charge in [-0.15, -0.1) is 0 Å². The molecular weight excluding hydrogens is 382 g/mol. The van der Waals surface area contributed by atoms with Crippen molar-refractivity contribution in [1.82, 2.24) is 10.3 Å². The Balaban J connectivity index is 1.78. The molecule has 2 amide bonds. The molecule has 0 atom stereocenters. The molecule has 0 aliphatic carbocycles. The maximum absolute atomic E-state index is 12.5. The third-order valence-corrected chi connectivity index (χ3v) is 3.96. The van der Waals surface area contributed by atoms with Crippen LogP contribution in [0.5, 0.6) is 17.2 Å². The third-order valence-electron chi connectivity index (χ3n) is 3.73. The lowest BCUT2D eigenvalue weighted by Crippen LogP contribution is -2.18. The summed E-state index contributed by atoms with van der Waals surface area (Å²) in [6.07, 6.45) is 1.46. The van der Waals surface area contributed by atoms with Gasteiger partial charge in [-0.1, -0.05) is 17.7 Å². The zero-order valence-corrected chi connectivity index (χ0v) is 15.5. The molecule has 0 saturated heterocycles. The lowest BCUT2D eigenvalue weighted by atomic mass is 10.2. The summed E-state index contributed by atoms with van der Waals surface area (Å²) in [6, 6.07) is 13.9. The summed E-state index contributed by atoms with van der Waals surface area (Å²) < 4.78 is 5.73. The summed E-state index contributed by atoms with van der Waals surface area (Å²) >= 11 is 5.89. The lowest BCUT2D eigenvalue weighted by molar-refractivity contribution is 0.0957. The Hall–Kier alpha value is -3.58. The minimum absolute atomic E-state index is 0.0938. The second-order valence-corrected chi connectivity index (χ2v) is 6.14. The van der Waals surface area contributed by atoms with Crippen LogP contribution >= 0.6 is 11.6 Å². The monoisotopic (exact) mass is 397 g/mol. The van der Waals surface area contributed by atoms with Gasteiger partial charge in [-0.25, -0.2) is 0 Å². The molecule has 0 spiro atoms. The second kappa shape index (κ2) is 8.41. The van der Waals surface area contributed by atoms with Crippen LogP contribution in [0.15, 0.2) is 60.8 Å². The van der Waals surface area contributed by atoms with E-state index in [1.165, 1.54) is 43.6 Å². The minimum atomic E-state index is -0.441.